The highest BCUT2D eigenvalue weighted by molar-refractivity contribution is 6.36. The Balaban J connectivity index is 1.58. The summed E-state index contributed by atoms with van der Waals surface area (Å²) >= 11 is 12.6. The molecular formula is C24H23Cl2N3O. The van der Waals surface area contributed by atoms with Gasteiger partial charge in [-0.2, -0.15) is 0 Å². The lowest BCUT2D eigenvalue weighted by Gasteiger charge is -2.22. The lowest BCUT2D eigenvalue weighted by atomic mass is 10.1. The Labute approximate surface area is 186 Å². The maximum atomic E-state index is 10.7. The molecule has 1 fully saturated rings. The van der Waals surface area contributed by atoms with Crippen LogP contribution in [0.1, 0.15) is 54.2 Å². The molecule has 154 valence electrons. The molecule has 3 aromatic rings. The molecule has 0 radical (unpaired) electrons. The van der Waals surface area contributed by atoms with Gasteiger partial charge >= 0.3 is 0 Å². The van der Waals surface area contributed by atoms with Crippen LogP contribution in [0.15, 0.2) is 42.5 Å². The Morgan fingerprint density at radius 2 is 1.90 bits per heavy atom. The quantitative estimate of drug-likeness (QED) is 0.514. The molecule has 2 aliphatic rings. The van der Waals surface area contributed by atoms with Crippen LogP contribution in [0, 0.1) is 0 Å². The van der Waals surface area contributed by atoms with Crippen molar-refractivity contribution in [1.82, 2.24) is 9.97 Å². The fraction of sp³-hybridized carbons (Fsp3) is 0.333. The zero-order valence-electron chi connectivity index (χ0n) is 16.7. The van der Waals surface area contributed by atoms with Gasteiger partial charge < -0.3 is 10.4 Å². The number of hydrogen-bond donors (Lipinski definition) is 2. The minimum absolute atomic E-state index is 0.178. The number of fused-ring (bicyclic) bond motifs is 1. The Morgan fingerprint density at radius 1 is 1.10 bits per heavy atom. The molecule has 4 nitrogen and oxygen atoms in total. The first-order valence-electron chi connectivity index (χ1n) is 10.4. The van der Waals surface area contributed by atoms with Crippen LogP contribution < -0.4 is 5.32 Å². The van der Waals surface area contributed by atoms with Crippen molar-refractivity contribution < 1.29 is 5.11 Å². The van der Waals surface area contributed by atoms with E-state index in [1.165, 1.54) is 5.56 Å². The molecule has 1 heterocycles. The summed E-state index contributed by atoms with van der Waals surface area (Å²) in [6.07, 6.45) is 3.11. The zero-order chi connectivity index (χ0) is 20.8. The number of rotatable bonds is 5. The predicted molar refractivity (Wildman–Crippen MR) is 121 cm³/mol. The minimum Gasteiger partial charge on any atom is -0.390 e. The maximum absolute atomic E-state index is 10.7. The number of aliphatic hydroxyl groups excluding tert-OH is 1. The molecule has 2 N–H and O–H groups in total. The number of aryl methyl sites for hydroxylation is 1. The SMILES string of the molecule is CCc1nc(NC2c3ccccc3C[C@@H]2O)c(C2CC2)nc1-c1ccc(Cl)cc1Cl. The first-order valence-corrected chi connectivity index (χ1v) is 11.2. The maximum Gasteiger partial charge on any atom is 0.148 e. The molecule has 1 saturated carbocycles. The van der Waals surface area contributed by atoms with Crippen molar-refractivity contribution in [3.05, 3.63) is 75.0 Å². The Morgan fingerprint density at radius 3 is 2.63 bits per heavy atom. The average Bonchev–Trinajstić information content (AvgIpc) is 3.53. The lowest BCUT2D eigenvalue weighted by molar-refractivity contribution is 0.165. The number of nitrogens with one attached hydrogen (secondary N) is 1. The fourth-order valence-corrected chi connectivity index (χ4v) is 4.77. The largest absolute Gasteiger partial charge is 0.390 e. The lowest BCUT2D eigenvalue weighted by Crippen LogP contribution is -2.23. The molecule has 1 aromatic heterocycles. The number of nitrogens with zero attached hydrogens (tertiary/aromatic N) is 2. The average molecular weight is 440 g/mol. The molecule has 0 saturated heterocycles. The molecule has 5 rings (SSSR count). The van der Waals surface area contributed by atoms with Crippen molar-refractivity contribution in [3.8, 4) is 11.3 Å². The van der Waals surface area contributed by atoms with E-state index in [1.54, 1.807) is 6.07 Å². The third kappa shape index (κ3) is 3.58. The summed E-state index contributed by atoms with van der Waals surface area (Å²) in [4.78, 5) is 10.0. The summed E-state index contributed by atoms with van der Waals surface area (Å²) in [6, 6.07) is 13.5. The predicted octanol–water partition coefficient (Wildman–Crippen LogP) is 5.96. The Kier molecular flexibility index (Phi) is 5.18. The summed E-state index contributed by atoms with van der Waals surface area (Å²) in [7, 11) is 0. The van der Waals surface area contributed by atoms with Crippen molar-refractivity contribution in [2.45, 2.75) is 50.7 Å². The fourth-order valence-electron chi connectivity index (χ4n) is 4.27. The second-order valence-electron chi connectivity index (χ2n) is 8.10. The van der Waals surface area contributed by atoms with Gasteiger partial charge in [0.15, 0.2) is 0 Å². The van der Waals surface area contributed by atoms with E-state index in [0.717, 1.165) is 53.3 Å². The number of aliphatic hydroxyl groups is 1. The number of hydrogen-bond acceptors (Lipinski definition) is 4. The van der Waals surface area contributed by atoms with Gasteiger partial charge in [-0.05, 0) is 48.6 Å². The van der Waals surface area contributed by atoms with Crippen LogP contribution in [0.5, 0.6) is 0 Å². The van der Waals surface area contributed by atoms with Crippen molar-refractivity contribution in [3.63, 3.8) is 0 Å². The smallest absolute Gasteiger partial charge is 0.148 e. The van der Waals surface area contributed by atoms with Gasteiger partial charge in [0.2, 0.25) is 0 Å². The summed E-state index contributed by atoms with van der Waals surface area (Å²) in [5, 5.41) is 15.4. The number of benzene rings is 2. The third-order valence-electron chi connectivity index (χ3n) is 5.98. The van der Waals surface area contributed by atoms with Crippen molar-refractivity contribution >= 4 is 29.0 Å². The van der Waals surface area contributed by atoms with E-state index in [-0.39, 0.29) is 6.04 Å². The first-order chi connectivity index (χ1) is 14.5. The van der Waals surface area contributed by atoms with E-state index in [1.807, 2.05) is 24.3 Å². The summed E-state index contributed by atoms with van der Waals surface area (Å²) in [5.41, 5.74) is 5.83. The van der Waals surface area contributed by atoms with Crippen molar-refractivity contribution in [2.75, 3.05) is 5.32 Å². The monoisotopic (exact) mass is 439 g/mol. The molecule has 2 atom stereocenters. The molecule has 0 aliphatic heterocycles. The Hall–Kier alpha value is -2.14. The van der Waals surface area contributed by atoms with Crippen LogP contribution in [0.3, 0.4) is 0 Å². The molecule has 2 aromatic carbocycles. The van der Waals surface area contributed by atoms with E-state index in [4.69, 9.17) is 33.2 Å². The van der Waals surface area contributed by atoms with Gasteiger partial charge in [-0.3, -0.25) is 0 Å². The van der Waals surface area contributed by atoms with E-state index in [0.29, 0.717) is 22.4 Å². The second-order valence-corrected chi connectivity index (χ2v) is 8.94. The van der Waals surface area contributed by atoms with Gasteiger partial charge in [0.05, 0.1) is 34.3 Å². The van der Waals surface area contributed by atoms with E-state index in [2.05, 4.69) is 24.4 Å². The topological polar surface area (TPSA) is 58.0 Å². The van der Waals surface area contributed by atoms with Crippen molar-refractivity contribution in [1.29, 1.82) is 0 Å². The number of anilines is 1. The highest BCUT2D eigenvalue weighted by Crippen LogP contribution is 2.45. The van der Waals surface area contributed by atoms with Crippen LogP contribution in [0.25, 0.3) is 11.3 Å². The number of halogens is 2. The summed E-state index contributed by atoms with van der Waals surface area (Å²) in [6.45, 7) is 2.07. The van der Waals surface area contributed by atoms with Crippen LogP contribution in [-0.4, -0.2) is 21.2 Å². The molecule has 30 heavy (non-hydrogen) atoms. The summed E-state index contributed by atoms with van der Waals surface area (Å²) < 4.78 is 0. The Bertz CT molecular complexity index is 1110. The standard InChI is InChI=1S/C24H23Cl2N3O/c1-2-19-22(17-10-9-15(25)12-18(17)26)28-21(13-7-8-13)24(27-19)29-23-16-6-4-3-5-14(16)11-20(23)30/h3-6,9-10,12-13,20,23,30H,2,7-8,11H2,1H3,(H,27,29)/t20-,23?/m0/s1. The van der Waals surface area contributed by atoms with Gasteiger partial charge in [-0.15, -0.1) is 0 Å². The van der Waals surface area contributed by atoms with Gasteiger partial charge in [0.25, 0.3) is 0 Å². The molecule has 6 heteroatoms. The van der Waals surface area contributed by atoms with Gasteiger partial charge in [0, 0.05) is 22.9 Å². The highest BCUT2D eigenvalue weighted by Gasteiger charge is 2.35. The molecular weight excluding hydrogens is 417 g/mol. The van der Waals surface area contributed by atoms with E-state index < -0.39 is 6.10 Å². The highest BCUT2D eigenvalue weighted by atomic mass is 35.5. The van der Waals surface area contributed by atoms with Crippen LogP contribution in [-0.2, 0) is 12.8 Å². The van der Waals surface area contributed by atoms with Gasteiger partial charge in [-0.25, -0.2) is 9.97 Å². The van der Waals surface area contributed by atoms with E-state index in [9.17, 15) is 5.11 Å². The van der Waals surface area contributed by atoms with E-state index >= 15 is 0 Å². The van der Waals surface area contributed by atoms with Crippen LogP contribution >= 0.6 is 23.2 Å². The summed E-state index contributed by atoms with van der Waals surface area (Å²) in [5.74, 6) is 1.17. The second kappa shape index (κ2) is 7.84. The van der Waals surface area contributed by atoms with Crippen LogP contribution in [0.4, 0.5) is 5.82 Å². The van der Waals surface area contributed by atoms with Gasteiger partial charge in [-0.1, -0.05) is 54.4 Å². The molecule has 2 aliphatic carbocycles. The third-order valence-corrected chi connectivity index (χ3v) is 6.52. The molecule has 0 spiro atoms. The normalized spacial score (nSPS) is 20.3. The van der Waals surface area contributed by atoms with Crippen molar-refractivity contribution in [2.24, 2.45) is 0 Å². The van der Waals surface area contributed by atoms with Crippen LogP contribution in [0.2, 0.25) is 10.0 Å². The van der Waals surface area contributed by atoms with Gasteiger partial charge in [0.1, 0.15) is 5.82 Å². The molecule has 1 unspecified atom stereocenters. The molecule has 0 bridgehead atoms. The first kappa shape index (κ1) is 19.8. The number of aromatic nitrogens is 2. The minimum atomic E-state index is -0.480. The zero-order valence-corrected chi connectivity index (χ0v) is 18.2. The molecule has 0 amide bonds.